The highest BCUT2D eigenvalue weighted by Crippen LogP contribution is 2.31. The zero-order chi connectivity index (χ0) is 15.9. The van der Waals surface area contributed by atoms with Crippen molar-refractivity contribution in [3.05, 3.63) is 29.8 Å². The Bertz CT molecular complexity index is 674. The first kappa shape index (κ1) is 16.6. The third-order valence-corrected chi connectivity index (χ3v) is 4.47. The minimum atomic E-state index is 0.644. The highest BCUT2D eigenvalue weighted by atomic mass is 32.2. The molecule has 116 valence electrons. The van der Waals surface area contributed by atoms with E-state index < -0.39 is 0 Å². The van der Waals surface area contributed by atoms with Crippen LogP contribution in [0, 0.1) is 11.3 Å². The van der Waals surface area contributed by atoms with Crippen LogP contribution in [0.1, 0.15) is 19.4 Å². The average Bonchev–Trinajstić information content (AvgIpc) is 2.57. The number of fused-ring (bicyclic) bond motifs is 1. The lowest BCUT2D eigenvalue weighted by molar-refractivity contribution is 0.316. The molecule has 0 fully saturated rings. The molecule has 0 radical (unpaired) electrons. The summed E-state index contributed by atoms with van der Waals surface area (Å²) in [5, 5.41) is 14.8. The molecule has 4 nitrogen and oxygen atoms in total. The predicted molar refractivity (Wildman–Crippen MR) is 94.5 cm³/mol. The van der Waals surface area contributed by atoms with E-state index >= 15 is 0 Å². The topological polar surface area (TPSA) is 52.0 Å². The molecule has 0 spiro atoms. The van der Waals surface area contributed by atoms with E-state index in [2.05, 4.69) is 35.1 Å². The van der Waals surface area contributed by atoms with Crippen molar-refractivity contribution in [3.8, 4) is 6.07 Å². The van der Waals surface area contributed by atoms with Crippen molar-refractivity contribution in [2.75, 3.05) is 37.8 Å². The normalized spacial score (nSPS) is 10.9. The highest BCUT2D eigenvalue weighted by Gasteiger charge is 2.14. The molecule has 0 aliphatic rings. The van der Waals surface area contributed by atoms with E-state index in [9.17, 15) is 5.26 Å². The fourth-order valence-electron chi connectivity index (χ4n) is 2.50. The Morgan fingerprint density at radius 3 is 2.64 bits per heavy atom. The van der Waals surface area contributed by atoms with Crippen molar-refractivity contribution >= 4 is 28.4 Å². The lowest BCUT2D eigenvalue weighted by Crippen LogP contribution is -2.28. The number of pyridine rings is 1. The molecule has 0 atom stereocenters. The summed E-state index contributed by atoms with van der Waals surface area (Å²) >= 11 is 1.51. The molecule has 0 aliphatic heterocycles. The molecule has 2 aromatic rings. The monoisotopic (exact) mass is 314 g/mol. The Labute approximate surface area is 136 Å². The molecule has 1 aromatic carbocycles. The Kier molecular flexibility index (Phi) is 6.05. The number of likely N-dealkylation sites (N-methyl/N-ethyl adjacent to an activating group) is 1. The van der Waals surface area contributed by atoms with Gasteiger partial charge in [0.15, 0.2) is 0 Å². The van der Waals surface area contributed by atoms with Gasteiger partial charge in [-0.15, -0.1) is 11.8 Å². The summed E-state index contributed by atoms with van der Waals surface area (Å²) < 4.78 is 0. The zero-order valence-corrected chi connectivity index (χ0v) is 14.2. The molecule has 0 unspecified atom stereocenters. The number of nitrogens with zero attached hydrogens (tertiary/aromatic N) is 3. The van der Waals surface area contributed by atoms with Gasteiger partial charge in [0, 0.05) is 18.5 Å². The van der Waals surface area contributed by atoms with E-state index in [1.807, 2.05) is 30.5 Å². The van der Waals surface area contributed by atoms with Crippen LogP contribution < -0.4 is 5.32 Å². The molecule has 5 heteroatoms. The van der Waals surface area contributed by atoms with Crippen molar-refractivity contribution in [1.82, 2.24) is 9.88 Å². The molecule has 1 heterocycles. The highest BCUT2D eigenvalue weighted by molar-refractivity contribution is 7.98. The van der Waals surface area contributed by atoms with Crippen LogP contribution in [0.3, 0.4) is 0 Å². The van der Waals surface area contributed by atoms with Gasteiger partial charge in [0.25, 0.3) is 0 Å². The fourth-order valence-corrected chi connectivity index (χ4v) is 3.04. The summed E-state index contributed by atoms with van der Waals surface area (Å²) in [6.07, 6.45) is 1.96. The quantitative estimate of drug-likeness (QED) is 0.792. The maximum absolute atomic E-state index is 9.54. The van der Waals surface area contributed by atoms with Crippen molar-refractivity contribution in [2.45, 2.75) is 18.9 Å². The molecule has 0 saturated heterocycles. The molecule has 1 N–H and O–H groups in total. The summed E-state index contributed by atoms with van der Waals surface area (Å²) in [4.78, 5) is 6.95. The van der Waals surface area contributed by atoms with Crippen LogP contribution in [-0.2, 0) is 0 Å². The molecule has 0 bridgehead atoms. The van der Waals surface area contributed by atoms with Gasteiger partial charge in [-0.25, -0.2) is 4.98 Å². The van der Waals surface area contributed by atoms with Crippen LogP contribution in [0.5, 0.6) is 0 Å². The van der Waals surface area contributed by atoms with E-state index in [-0.39, 0.29) is 0 Å². The fraction of sp³-hybridized carbons (Fsp3) is 0.412. The Morgan fingerprint density at radius 2 is 2.00 bits per heavy atom. The summed E-state index contributed by atoms with van der Waals surface area (Å²) in [5.74, 6) is 0. The number of aromatic nitrogens is 1. The van der Waals surface area contributed by atoms with E-state index in [1.54, 1.807) is 0 Å². The van der Waals surface area contributed by atoms with Crippen LogP contribution in [0.4, 0.5) is 5.69 Å². The SMILES string of the molecule is CCN(CC)CCNc1c(C#N)c(SC)nc2ccccc12. The lowest BCUT2D eigenvalue weighted by Gasteiger charge is -2.19. The Morgan fingerprint density at radius 1 is 1.27 bits per heavy atom. The first-order valence-corrected chi connectivity index (χ1v) is 8.80. The lowest BCUT2D eigenvalue weighted by atomic mass is 10.1. The van der Waals surface area contributed by atoms with Crippen molar-refractivity contribution in [3.63, 3.8) is 0 Å². The number of para-hydroxylation sites is 1. The van der Waals surface area contributed by atoms with Crippen LogP contribution >= 0.6 is 11.8 Å². The second-order valence-electron chi connectivity index (χ2n) is 4.95. The number of nitrogens with one attached hydrogen (secondary N) is 1. The molecule has 0 amide bonds. The largest absolute Gasteiger partial charge is 0.382 e. The van der Waals surface area contributed by atoms with E-state index in [0.29, 0.717) is 5.56 Å². The second kappa shape index (κ2) is 8.02. The third kappa shape index (κ3) is 3.52. The second-order valence-corrected chi connectivity index (χ2v) is 5.75. The van der Waals surface area contributed by atoms with Gasteiger partial charge in [-0.3, -0.25) is 0 Å². The number of anilines is 1. The molecule has 0 saturated carbocycles. The van der Waals surface area contributed by atoms with Crippen LogP contribution in [0.2, 0.25) is 0 Å². The van der Waals surface area contributed by atoms with Crippen LogP contribution in [-0.4, -0.2) is 42.3 Å². The van der Waals surface area contributed by atoms with E-state index in [0.717, 1.165) is 47.8 Å². The van der Waals surface area contributed by atoms with Crippen molar-refractivity contribution in [2.24, 2.45) is 0 Å². The van der Waals surface area contributed by atoms with Gasteiger partial charge in [-0.05, 0) is 25.4 Å². The molecule has 1 aromatic heterocycles. The first-order chi connectivity index (χ1) is 10.7. The number of rotatable bonds is 7. The summed E-state index contributed by atoms with van der Waals surface area (Å²) in [5.41, 5.74) is 2.48. The number of benzene rings is 1. The van der Waals surface area contributed by atoms with Crippen molar-refractivity contribution in [1.29, 1.82) is 5.26 Å². The van der Waals surface area contributed by atoms with Gasteiger partial charge >= 0.3 is 0 Å². The number of hydrogen-bond acceptors (Lipinski definition) is 5. The van der Waals surface area contributed by atoms with Gasteiger partial charge in [-0.1, -0.05) is 32.0 Å². The van der Waals surface area contributed by atoms with Crippen LogP contribution in [0.15, 0.2) is 29.3 Å². The molecule has 2 rings (SSSR count). The maximum Gasteiger partial charge on any atom is 0.116 e. The predicted octanol–water partition coefficient (Wildman–Crippen LogP) is 3.58. The van der Waals surface area contributed by atoms with Gasteiger partial charge in [-0.2, -0.15) is 5.26 Å². The molecular weight excluding hydrogens is 292 g/mol. The van der Waals surface area contributed by atoms with Gasteiger partial charge < -0.3 is 10.2 Å². The minimum absolute atomic E-state index is 0.644. The zero-order valence-electron chi connectivity index (χ0n) is 13.4. The van der Waals surface area contributed by atoms with Gasteiger partial charge in [0.1, 0.15) is 16.7 Å². The van der Waals surface area contributed by atoms with Gasteiger partial charge in [0.05, 0.1) is 11.2 Å². The molecule has 0 aliphatic carbocycles. The standard InChI is InChI=1S/C17H22N4S/c1-4-21(5-2)11-10-19-16-13-8-6-7-9-15(13)20-17(22-3)14(16)12-18/h6-9H,4-5,10-11H2,1-3H3,(H,19,20). The number of hydrogen-bond donors (Lipinski definition) is 1. The molecular formula is C17H22N4S. The van der Waals surface area contributed by atoms with E-state index in [1.165, 1.54) is 11.8 Å². The summed E-state index contributed by atoms with van der Waals surface area (Å²) in [7, 11) is 0. The third-order valence-electron chi connectivity index (χ3n) is 3.79. The van der Waals surface area contributed by atoms with Gasteiger partial charge in [0.2, 0.25) is 0 Å². The Hall–Kier alpha value is -1.77. The van der Waals surface area contributed by atoms with Crippen LogP contribution in [0.25, 0.3) is 10.9 Å². The smallest absolute Gasteiger partial charge is 0.116 e. The Balaban J connectivity index is 2.35. The maximum atomic E-state index is 9.54. The molecule has 22 heavy (non-hydrogen) atoms. The number of nitriles is 1. The summed E-state index contributed by atoms with van der Waals surface area (Å²) in [6.45, 7) is 8.18. The average molecular weight is 314 g/mol. The number of thioether (sulfide) groups is 1. The van der Waals surface area contributed by atoms with Crippen molar-refractivity contribution < 1.29 is 0 Å². The first-order valence-electron chi connectivity index (χ1n) is 7.58. The van der Waals surface area contributed by atoms with E-state index in [4.69, 9.17) is 0 Å². The minimum Gasteiger partial charge on any atom is -0.382 e. The summed E-state index contributed by atoms with van der Waals surface area (Å²) in [6, 6.07) is 10.3.